The summed E-state index contributed by atoms with van der Waals surface area (Å²) in [7, 11) is 0. The second-order valence-electron chi connectivity index (χ2n) is 9.49. The van der Waals surface area contributed by atoms with Gasteiger partial charge in [-0.25, -0.2) is 4.98 Å². The Bertz CT molecular complexity index is 1410. The van der Waals surface area contributed by atoms with E-state index < -0.39 is 0 Å². The standard InChI is InChI=1S/C24H25N7O2S2/c32-22(11-16-13-33-10-9-30(16)15-3-4-15)26-23-25-19-6-5-17(12-20(19)35-23)34-24-28-27-21-8-7-18(14-1-2-14)29-31(21)24/h5-8,12,14-16H,1-4,9-11,13H2,(H,25,26,32). The maximum Gasteiger partial charge on any atom is 0.227 e. The number of nitrogens with one attached hydrogen (secondary N) is 1. The average molecular weight is 508 g/mol. The number of anilines is 1. The van der Waals surface area contributed by atoms with Crippen molar-refractivity contribution in [2.45, 2.75) is 60.2 Å². The highest BCUT2D eigenvalue weighted by Crippen LogP contribution is 2.39. The third-order valence-corrected chi connectivity index (χ3v) is 8.64. The number of carbonyl (C=O) groups excluding carboxylic acids is 1. The van der Waals surface area contributed by atoms with E-state index in [0.717, 1.165) is 44.8 Å². The van der Waals surface area contributed by atoms with E-state index in [1.165, 1.54) is 48.8 Å². The van der Waals surface area contributed by atoms with Gasteiger partial charge in [0.25, 0.3) is 0 Å². The summed E-state index contributed by atoms with van der Waals surface area (Å²) in [5.41, 5.74) is 2.73. The molecule has 1 aliphatic heterocycles. The zero-order chi connectivity index (χ0) is 23.4. The van der Waals surface area contributed by atoms with Crippen LogP contribution in [0.1, 0.15) is 43.7 Å². The number of hydrogen-bond donors (Lipinski definition) is 1. The minimum absolute atomic E-state index is 0.00715. The lowest BCUT2D eigenvalue weighted by Gasteiger charge is -2.35. The second-order valence-corrected chi connectivity index (χ2v) is 11.6. The Balaban J connectivity index is 1.05. The van der Waals surface area contributed by atoms with E-state index >= 15 is 0 Å². The number of morpholine rings is 1. The normalized spacial score (nSPS) is 21.1. The molecule has 1 amide bonds. The fourth-order valence-electron chi connectivity index (χ4n) is 4.69. The Hall–Kier alpha value is -2.60. The SMILES string of the molecule is O=C(CC1COCCN1C1CC1)Nc1nc2ccc(Sc3nnc4ccc(C5CC5)nn34)cc2s1. The van der Waals surface area contributed by atoms with E-state index in [2.05, 4.69) is 37.5 Å². The monoisotopic (exact) mass is 507 g/mol. The van der Waals surface area contributed by atoms with Gasteiger partial charge in [-0.15, -0.1) is 10.2 Å². The maximum absolute atomic E-state index is 12.8. The number of benzene rings is 1. The number of ether oxygens (including phenoxy) is 1. The summed E-state index contributed by atoms with van der Waals surface area (Å²) in [6.07, 6.45) is 5.31. The molecule has 0 radical (unpaired) electrons. The van der Waals surface area contributed by atoms with Gasteiger partial charge in [0.2, 0.25) is 11.1 Å². The van der Waals surface area contributed by atoms with Crippen molar-refractivity contribution in [3.63, 3.8) is 0 Å². The molecule has 35 heavy (non-hydrogen) atoms. The van der Waals surface area contributed by atoms with E-state index in [-0.39, 0.29) is 11.9 Å². The van der Waals surface area contributed by atoms with Crippen molar-refractivity contribution in [1.29, 1.82) is 0 Å². The molecule has 2 saturated carbocycles. The van der Waals surface area contributed by atoms with Crippen molar-refractivity contribution in [2.24, 2.45) is 0 Å². The Morgan fingerprint density at radius 2 is 2.09 bits per heavy atom. The first-order chi connectivity index (χ1) is 17.2. The van der Waals surface area contributed by atoms with Crippen molar-refractivity contribution in [3.05, 3.63) is 36.0 Å². The largest absolute Gasteiger partial charge is 0.378 e. The molecule has 1 atom stereocenters. The summed E-state index contributed by atoms with van der Waals surface area (Å²) in [6.45, 7) is 2.30. The summed E-state index contributed by atoms with van der Waals surface area (Å²) in [4.78, 5) is 20.9. The van der Waals surface area contributed by atoms with Crippen LogP contribution in [0.5, 0.6) is 0 Å². The average Bonchev–Trinajstić information content (AvgIpc) is 3.79. The number of hydrogen-bond acceptors (Lipinski definition) is 9. The summed E-state index contributed by atoms with van der Waals surface area (Å²) in [6, 6.07) is 10.9. The molecule has 9 nitrogen and oxygen atoms in total. The van der Waals surface area contributed by atoms with Gasteiger partial charge in [-0.05, 0) is 67.8 Å². The van der Waals surface area contributed by atoms with Crippen molar-refractivity contribution in [3.8, 4) is 0 Å². The number of aromatic nitrogens is 5. The van der Waals surface area contributed by atoms with E-state index in [1.807, 2.05) is 22.7 Å². The van der Waals surface area contributed by atoms with Crippen LogP contribution in [0.25, 0.3) is 15.9 Å². The summed E-state index contributed by atoms with van der Waals surface area (Å²) >= 11 is 3.03. The number of carbonyl (C=O) groups is 1. The summed E-state index contributed by atoms with van der Waals surface area (Å²) in [5.74, 6) is 0.566. The minimum Gasteiger partial charge on any atom is -0.378 e. The molecule has 2 aliphatic carbocycles. The fraction of sp³-hybridized carbons (Fsp3) is 0.458. The third kappa shape index (κ3) is 4.53. The number of fused-ring (bicyclic) bond motifs is 2. The molecular weight excluding hydrogens is 482 g/mol. The van der Waals surface area contributed by atoms with Crippen LogP contribution in [0.4, 0.5) is 5.13 Å². The molecule has 0 spiro atoms. The Kier molecular flexibility index (Phi) is 5.45. The Morgan fingerprint density at radius 1 is 1.17 bits per heavy atom. The lowest BCUT2D eigenvalue weighted by atomic mass is 10.1. The molecule has 4 aromatic rings. The van der Waals surface area contributed by atoms with Gasteiger partial charge in [-0.1, -0.05) is 11.3 Å². The number of amides is 1. The molecule has 3 fully saturated rings. The first-order valence-corrected chi connectivity index (χ1v) is 13.8. The van der Waals surface area contributed by atoms with Gasteiger partial charge in [-0.2, -0.15) is 9.61 Å². The fourth-order valence-corrected chi connectivity index (χ4v) is 6.51. The molecule has 1 unspecified atom stereocenters. The van der Waals surface area contributed by atoms with E-state index in [9.17, 15) is 4.79 Å². The molecule has 11 heteroatoms. The van der Waals surface area contributed by atoms with Gasteiger partial charge in [0, 0.05) is 35.9 Å². The lowest BCUT2D eigenvalue weighted by Crippen LogP contribution is -2.48. The molecule has 4 heterocycles. The predicted octanol–water partition coefficient (Wildman–Crippen LogP) is 3.95. The van der Waals surface area contributed by atoms with Gasteiger partial charge in [0.15, 0.2) is 10.8 Å². The van der Waals surface area contributed by atoms with Crippen molar-refractivity contribution < 1.29 is 9.53 Å². The zero-order valence-electron chi connectivity index (χ0n) is 19.1. The maximum atomic E-state index is 12.8. The van der Waals surface area contributed by atoms with Crippen molar-refractivity contribution in [1.82, 2.24) is 29.7 Å². The summed E-state index contributed by atoms with van der Waals surface area (Å²) < 4.78 is 8.49. The highest BCUT2D eigenvalue weighted by atomic mass is 32.2. The molecule has 180 valence electrons. The number of nitrogens with zero attached hydrogens (tertiary/aromatic N) is 6. The molecular formula is C24H25N7O2S2. The van der Waals surface area contributed by atoms with Gasteiger partial charge >= 0.3 is 0 Å². The first kappa shape index (κ1) is 21.7. The summed E-state index contributed by atoms with van der Waals surface area (Å²) in [5, 5.41) is 17.8. The molecule has 1 saturated heterocycles. The molecule has 0 bridgehead atoms. The van der Waals surface area contributed by atoms with Gasteiger partial charge < -0.3 is 10.1 Å². The van der Waals surface area contributed by atoms with Crippen LogP contribution < -0.4 is 5.32 Å². The zero-order valence-corrected chi connectivity index (χ0v) is 20.7. The second kappa shape index (κ2) is 8.81. The van der Waals surface area contributed by atoms with Crippen LogP contribution in [0.2, 0.25) is 0 Å². The molecule has 1 N–H and O–H groups in total. The van der Waals surface area contributed by atoms with Crippen LogP contribution in [0.15, 0.2) is 40.4 Å². The van der Waals surface area contributed by atoms with Crippen molar-refractivity contribution in [2.75, 3.05) is 25.1 Å². The topological polar surface area (TPSA) is 97.5 Å². The molecule has 3 aliphatic rings. The molecule has 3 aromatic heterocycles. The predicted molar refractivity (Wildman–Crippen MR) is 134 cm³/mol. The van der Waals surface area contributed by atoms with Crippen LogP contribution >= 0.6 is 23.1 Å². The minimum atomic E-state index is -0.00715. The highest BCUT2D eigenvalue weighted by Gasteiger charge is 2.36. The smallest absolute Gasteiger partial charge is 0.227 e. The van der Waals surface area contributed by atoms with Crippen LogP contribution in [-0.2, 0) is 9.53 Å². The van der Waals surface area contributed by atoms with E-state index in [0.29, 0.717) is 30.1 Å². The van der Waals surface area contributed by atoms with Gasteiger partial charge in [0.1, 0.15) is 0 Å². The highest BCUT2D eigenvalue weighted by molar-refractivity contribution is 7.99. The van der Waals surface area contributed by atoms with Crippen LogP contribution in [0, 0.1) is 0 Å². The Morgan fingerprint density at radius 3 is 2.94 bits per heavy atom. The van der Waals surface area contributed by atoms with E-state index in [1.54, 1.807) is 0 Å². The van der Waals surface area contributed by atoms with Gasteiger partial charge in [0.05, 0.1) is 29.1 Å². The number of thiazole rings is 1. The first-order valence-electron chi connectivity index (χ1n) is 12.1. The molecule has 1 aromatic carbocycles. The quantitative estimate of drug-likeness (QED) is 0.402. The molecule has 7 rings (SSSR count). The third-order valence-electron chi connectivity index (χ3n) is 6.78. The van der Waals surface area contributed by atoms with Crippen LogP contribution in [-0.4, -0.2) is 67.4 Å². The lowest BCUT2D eigenvalue weighted by molar-refractivity contribution is -0.119. The van der Waals surface area contributed by atoms with Gasteiger partial charge in [-0.3, -0.25) is 9.69 Å². The Labute approximate surface area is 210 Å². The van der Waals surface area contributed by atoms with E-state index in [4.69, 9.17) is 9.84 Å². The number of rotatable bonds is 7. The van der Waals surface area contributed by atoms with Crippen LogP contribution in [0.3, 0.4) is 0 Å². The van der Waals surface area contributed by atoms with Crippen molar-refractivity contribution >= 4 is 50.0 Å².